The highest BCUT2D eigenvalue weighted by Crippen LogP contribution is 2.53. The van der Waals surface area contributed by atoms with Crippen LogP contribution < -0.4 is 5.32 Å². The zero-order valence-electron chi connectivity index (χ0n) is 12.4. The molecule has 3 rings (SSSR count). The van der Waals surface area contributed by atoms with Crippen molar-refractivity contribution >= 4 is 11.9 Å². The van der Waals surface area contributed by atoms with Crippen molar-refractivity contribution in [2.24, 2.45) is 17.0 Å². The molecular formula is C15H20N2O5. The molecule has 0 saturated carbocycles. The van der Waals surface area contributed by atoms with Crippen molar-refractivity contribution < 1.29 is 19.4 Å². The molecule has 0 aromatic heterocycles. The van der Waals surface area contributed by atoms with Crippen LogP contribution in [0.5, 0.6) is 0 Å². The minimum absolute atomic E-state index is 0.0270. The van der Waals surface area contributed by atoms with Gasteiger partial charge in [-0.2, -0.15) is 4.91 Å². The molecule has 0 aromatic rings. The van der Waals surface area contributed by atoms with Crippen LogP contribution in [-0.2, 0) is 14.3 Å². The predicted octanol–water partition coefficient (Wildman–Crippen LogP) is 0.660. The number of nitroso groups, excluding NO2 is 1. The van der Waals surface area contributed by atoms with Crippen LogP contribution in [0.2, 0.25) is 0 Å². The van der Waals surface area contributed by atoms with Crippen LogP contribution >= 0.6 is 0 Å². The summed E-state index contributed by atoms with van der Waals surface area (Å²) in [4.78, 5) is 34.8. The molecule has 0 radical (unpaired) electrons. The Bertz CT molecular complexity index is 546. The number of rotatable bonds is 5. The number of ether oxygens (including phenoxy) is 1. The van der Waals surface area contributed by atoms with Gasteiger partial charge in [0.25, 0.3) is 0 Å². The Labute approximate surface area is 128 Å². The highest BCUT2D eigenvalue weighted by molar-refractivity contribution is 6.01. The van der Waals surface area contributed by atoms with Crippen molar-refractivity contribution in [3.05, 3.63) is 17.1 Å². The molecule has 0 bridgehead atoms. The number of esters is 1. The number of carbonyl (C=O) groups is 2. The van der Waals surface area contributed by atoms with Crippen LogP contribution in [0, 0.1) is 16.7 Å². The molecule has 7 heteroatoms. The molecule has 5 atom stereocenters. The van der Waals surface area contributed by atoms with Crippen molar-refractivity contribution in [1.29, 1.82) is 0 Å². The topological polar surface area (TPSA) is 105 Å². The average molecular weight is 308 g/mol. The van der Waals surface area contributed by atoms with E-state index >= 15 is 0 Å². The summed E-state index contributed by atoms with van der Waals surface area (Å²) < 4.78 is 5.30. The minimum Gasteiger partial charge on any atom is -0.453 e. The second-order valence-corrected chi connectivity index (χ2v) is 6.46. The largest absolute Gasteiger partial charge is 0.453 e. The summed E-state index contributed by atoms with van der Waals surface area (Å²) >= 11 is 0. The van der Waals surface area contributed by atoms with Gasteiger partial charge in [-0.15, -0.1) is 0 Å². The SMILES string of the molecule is CC12OC(=O)C1(C(O)C1C=CCCC1)NC(=O)C2CCN=O. The standard InChI is InChI=1S/C15H20N2O5/c1-14-10(7-8-16-21)12(19)17-15(14,13(20)22-14)11(18)9-5-3-2-4-6-9/h3,5,9-11,18H,2,4,6-8H2,1H3,(H,17,19). The number of nitrogens with zero attached hydrogens (tertiary/aromatic N) is 1. The van der Waals surface area contributed by atoms with E-state index in [9.17, 15) is 19.6 Å². The van der Waals surface area contributed by atoms with Crippen LogP contribution in [-0.4, -0.2) is 40.8 Å². The summed E-state index contributed by atoms with van der Waals surface area (Å²) in [6, 6.07) is 0. The van der Waals surface area contributed by atoms with Crippen molar-refractivity contribution in [2.75, 3.05) is 6.54 Å². The number of nitrogens with one attached hydrogen (secondary N) is 1. The Balaban J connectivity index is 1.91. The summed E-state index contributed by atoms with van der Waals surface area (Å²) in [6.07, 6.45) is 5.72. The van der Waals surface area contributed by atoms with Crippen LogP contribution in [0.25, 0.3) is 0 Å². The summed E-state index contributed by atoms with van der Waals surface area (Å²) in [7, 11) is 0. The molecule has 2 N–H and O–H groups in total. The Morgan fingerprint density at radius 3 is 2.91 bits per heavy atom. The van der Waals surface area contributed by atoms with E-state index in [1.165, 1.54) is 0 Å². The van der Waals surface area contributed by atoms with Gasteiger partial charge in [-0.1, -0.05) is 17.3 Å². The number of hydrogen-bond acceptors (Lipinski definition) is 6. The number of aliphatic hydroxyl groups is 1. The Kier molecular flexibility index (Phi) is 3.55. The number of amides is 1. The molecule has 120 valence electrons. The highest BCUT2D eigenvalue weighted by atomic mass is 16.6. The van der Waals surface area contributed by atoms with Gasteiger partial charge in [0.1, 0.15) is 0 Å². The maximum atomic E-state index is 12.3. The van der Waals surface area contributed by atoms with E-state index in [-0.39, 0.29) is 24.8 Å². The fourth-order valence-corrected chi connectivity index (χ4v) is 4.06. The monoisotopic (exact) mass is 308 g/mol. The van der Waals surface area contributed by atoms with Gasteiger partial charge in [-0.25, -0.2) is 4.79 Å². The van der Waals surface area contributed by atoms with Crippen LogP contribution in [0.4, 0.5) is 0 Å². The van der Waals surface area contributed by atoms with Crippen molar-refractivity contribution in [1.82, 2.24) is 5.32 Å². The number of allylic oxidation sites excluding steroid dienone is 1. The van der Waals surface area contributed by atoms with Gasteiger partial charge in [-0.05, 0) is 32.6 Å². The highest BCUT2D eigenvalue weighted by Gasteiger charge is 2.79. The first-order valence-electron chi connectivity index (χ1n) is 7.66. The summed E-state index contributed by atoms with van der Waals surface area (Å²) in [5.74, 6) is -1.82. The number of hydrogen-bond donors (Lipinski definition) is 2. The first-order valence-corrected chi connectivity index (χ1v) is 7.66. The van der Waals surface area contributed by atoms with E-state index in [0.29, 0.717) is 0 Å². The van der Waals surface area contributed by atoms with Gasteiger partial charge < -0.3 is 15.2 Å². The summed E-state index contributed by atoms with van der Waals surface area (Å²) in [6.45, 7) is 1.62. The third kappa shape index (κ3) is 1.78. The normalized spacial score (nSPS) is 41.2. The lowest BCUT2D eigenvalue weighted by atomic mass is 9.64. The fourth-order valence-electron chi connectivity index (χ4n) is 4.06. The maximum Gasteiger partial charge on any atom is 0.339 e. The first kappa shape index (κ1) is 15.1. The zero-order chi connectivity index (χ0) is 16.0. The van der Waals surface area contributed by atoms with Gasteiger partial charge >= 0.3 is 5.97 Å². The second kappa shape index (κ2) is 5.15. The van der Waals surface area contributed by atoms with Gasteiger partial charge in [0.2, 0.25) is 11.4 Å². The molecule has 22 heavy (non-hydrogen) atoms. The van der Waals surface area contributed by atoms with E-state index in [0.717, 1.165) is 19.3 Å². The third-order valence-electron chi connectivity index (χ3n) is 5.36. The van der Waals surface area contributed by atoms with Crippen LogP contribution in [0.1, 0.15) is 32.6 Å². The van der Waals surface area contributed by atoms with Crippen LogP contribution in [0.3, 0.4) is 0 Å². The molecule has 1 amide bonds. The first-order chi connectivity index (χ1) is 10.5. The molecule has 0 spiro atoms. The smallest absolute Gasteiger partial charge is 0.339 e. The minimum atomic E-state index is -1.41. The lowest BCUT2D eigenvalue weighted by molar-refractivity contribution is -0.238. The molecule has 5 unspecified atom stereocenters. The number of carbonyl (C=O) groups excluding carboxylic acids is 2. The lowest BCUT2D eigenvalue weighted by Gasteiger charge is -2.54. The fraction of sp³-hybridized carbons (Fsp3) is 0.733. The summed E-state index contributed by atoms with van der Waals surface area (Å²) in [5, 5.41) is 16.3. The Hall–Kier alpha value is -1.76. The lowest BCUT2D eigenvalue weighted by Crippen LogP contribution is -2.80. The Morgan fingerprint density at radius 1 is 1.55 bits per heavy atom. The van der Waals surface area contributed by atoms with Crippen molar-refractivity contribution in [2.45, 2.75) is 49.9 Å². The Morgan fingerprint density at radius 2 is 2.32 bits per heavy atom. The molecule has 2 saturated heterocycles. The van der Waals surface area contributed by atoms with Gasteiger partial charge in [0.05, 0.1) is 18.6 Å². The molecule has 1 aliphatic carbocycles. The molecule has 3 aliphatic rings. The second-order valence-electron chi connectivity index (χ2n) is 6.46. The number of fused-ring (bicyclic) bond motifs is 1. The molecule has 7 nitrogen and oxygen atoms in total. The van der Waals surface area contributed by atoms with Crippen molar-refractivity contribution in [3.63, 3.8) is 0 Å². The molecule has 2 heterocycles. The third-order valence-corrected chi connectivity index (χ3v) is 5.36. The van der Waals surface area contributed by atoms with Crippen molar-refractivity contribution in [3.8, 4) is 0 Å². The van der Waals surface area contributed by atoms with Gasteiger partial charge in [-0.3, -0.25) is 4.79 Å². The van der Waals surface area contributed by atoms with Gasteiger partial charge in [0.15, 0.2) is 5.60 Å². The van der Waals surface area contributed by atoms with E-state index in [1.807, 2.05) is 12.2 Å². The van der Waals surface area contributed by atoms with Gasteiger partial charge in [0, 0.05) is 5.92 Å². The number of aliphatic hydroxyl groups excluding tert-OH is 1. The molecular weight excluding hydrogens is 288 g/mol. The van der Waals surface area contributed by atoms with Crippen LogP contribution in [0.15, 0.2) is 17.3 Å². The molecule has 2 fully saturated rings. The average Bonchev–Trinajstić information content (AvgIpc) is 2.69. The quantitative estimate of drug-likeness (QED) is 0.441. The van der Waals surface area contributed by atoms with E-state index in [2.05, 4.69) is 10.5 Å². The molecule has 0 aromatic carbocycles. The zero-order valence-corrected chi connectivity index (χ0v) is 12.4. The predicted molar refractivity (Wildman–Crippen MR) is 76.6 cm³/mol. The molecule has 2 aliphatic heterocycles. The van der Waals surface area contributed by atoms with E-state index < -0.39 is 29.1 Å². The summed E-state index contributed by atoms with van der Waals surface area (Å²) in [5.41, 5.74) is -2.54. The van der Waals surface area contributed by atoms with E-state index in [1.54, 1.807) is 6.92 Å². The van der Waals surface area contributed by atoms with E-state index in [4.69, 9.17) is 4.74 Å². The maximum absolute atomic E-state index is 12.3.